The van der Waals surface area contributed by atoms with Crippen molar-refractivity contribution in [3.63, 3.8) is 0 Å². The minimum Gasteiger partial charge on any atom is -0.322 e. The molecule has 0 saturated carbocycles. The fraction of sp³-hybridized carbons (Fsp3) is 0.316. The lowest BCUT2D eigenvalue weighted by Gasteiger charge is -2.20. The molecule has 2 aromatic rings. The largest absolute Gasteiger partial charge is 0.322 e. The Morgan fingerprint density at radius 3 is 2.22 bits per heavy atom. The fourth-order valence-corrected chi connectivity index (χ4v) is 4.78. The van der Waals surface area contributed by atoms with Crippen molar-refractivity contribution < 1.29 is 17.6 Å². The first-order valence-corrected chi connectivity index (χ1v) is 10.6. The van der Waals surface area contributed by atoms with Gasteiger partial charge in [-0.05, 0) is 55.3 Å². The smallest absolute Gasteiger partial charge is 0.257 e. The van der Waals surface area contributed by atoms with Gasteiger partial charge in [0.05, 0.1) is 15.5 Å². The highest BCUT2D eigenvalue weighted by atomic mass is 35.5. The van der Waals surface area contributed by atoms with E-state index in [1.54, 1.807) is 0 Å². The van der Waals surface area contributed by atoms with Gasteiger partial charge in [0.2, 0.25) is 10.0 Å². The number of carbonyl (C=O) groups excluding carboxylic acids is 1. The summed E-state index contributed by atoms with van der Waals surface area (Å²) in [7, 11) is -3.54. The molecule has 0 spiro atoms. The molecule has 3 rings (SSSR count). The van der Waals surface area contributed by atoms with Crippen molar-refractivity contribution in [3.05, 3.63) is 58.9 Å². The summed E-state index contributed by atoms with van der Waals surface area (Å²) >= 11 is 5.89. The first-order valence-electron chi connectivity index (χ1n) is 8.74. The van der Waals surface area contributed by atoms with Crippen molar-refractivity contribution >= 4 is 33.2 Å². The molecule has 0 atom stereocenters. The van der Waals surface area contributed by atoms with Crippen LogP contribution in [0.2, 0.25) is 5.02 Å². The predicted octanol–water partition coefficient (Wildman–Crippen LogP) is 4.30. The summed E-state index contributed by atoms with van der Waals surface area (Å²) < 4.78 is 40.1. The zero-order chi connectivity index (χ0) is 19.4. The van der Waals surface area contributed by atoms with E-state index < -0.39 is 21.7 Å². The van der Waals surface area contributed by atoms with Gasteiger partial charge in [-0.2, -0.15) is 4.31 Å². The Hall–Kier alpha value is -1.96. The summed E-state index contributed by atoms with van der Waals surface area (Å²) in [6.07, 6.45) is 3.82. The van der Waals surface area contributed by atoms with Gasteiger partial charge in [-0.3, -0.25) is 4.79 Å². The second kappa shape index (κ2) is 8.37. The number of hydrogen-bond acceptors (Lipinski definition) is 3. The molecule has 144 valence electrons. The van der Waals surface area contributed by atoms with Gasteiger partial charge in [-0.15, -0.1) is 0 Å². The number of sulfonamides is 1. The normalized spacial score (nSPS) is 15.9. The van der Waals surface area contributed by atoms with Crippen LogP contribution >= 0.6 is 11.6 Å². The van der Waals surface area contributed by atoms with Crippen LogP contribution in [0.3, 0.4) is 0 Å². The van der Waals surface area contributed by atoms with Gasteiger partial charge in [-0.25, -0.2) is 12.8 Å². The predicted molar refractivity (Wildman–Crippen MR) is 103 cm³/mol. The van der Waals surface area contributed by atoms with E-state index >= 15 is 0 Å². The lowest BCUT2D eigenvalue weighted by molar-refractivity contribution is 0.102. The number of hydrogen-bond donors (Lipinski definition) is 1. The summed E-state index contributed by atoms with van der Waals surface area (Å²) in [5.41, 5.74) is 0.564. The zero-order valence-electron chi connectivity index (χ0n) is 14.6. The zero-order valence-corrected chi connectivity index (χ0v) is 16.2. The first kappa shape index (κ1) is 19.8. The minimum atomic E-state index is -3.54. The van der Waals surface area contributed by atoms with Gasteiger partial charge in [0.15, 0.2) is 0 Å². The highest BCUT2D eigenvalue weighted by molar-refractivity contribution is 7.89. The average Bonchev–Trinajstić information content (AvgIpc) is 2.92. The molecule has 0 radical (unpaired) electrons. The fourth-order valence-electron chi connectivity index (χ4n) is 3.01. The van der Waals surface area contributed by atoms with Gasteiger partial charge >= 0.3 is 0 Å². The van der Waals surface area contributed by atoms with Crippen LogP contribution in [0.25, 0.3) is 0 Å². The standard InChI is InChI=1S/C19H20ClFN2O3S/c20-18-13-14(21)5-10-17(18)19(24)22-15-6-8-16(9-7-15)27(25,26)23-11-3-1-2-4-12-23/h5-10,13H,1-4,11-12H2,(H,22,24). The van der Waals surface area contributed by atoms with Gasteiger partial charge < -0.3 is 5.32 Å². The van der Waals surface area contributed by atoms with Crippen LogP contribution in [0.5, 0.6) is 0 Å². The maximum Gasteiger partial charge on any atom is 0.257 e. The third-order valence-corrected chi connectivity index (χ3v) is 6.72. The molecule has 1 saturated heterocycles. The Bertz CT molecular complexity index is 924. The van der Waals surface area contributed by atoms with Crippen molar-refractivity contribution in [2.45, 2.75) is 30.6 Å². The molecule has 1 amide bonds. The van der Waals surface area contributed by atoms with Crippen molar-refractivity contribution in [3.8, 4) is 0 Å². The number of benzene rings is 2. The summed E-state index contributed by atoms with van der Waals surface area (Å²) in [5.74, 6) is -1.03. The summed E-state index contributed by atoms with van der Waals surface area (Å²) in [4.78, 5) is 12.5. The monoisotopic (exact) mass is 410 g/mol. The van der Waals surface area contributed by atoms with E-state index in [-0.39, 0.29) is 15.5 Å². The number of amides is 1. The minimum absolute atomic E-state index is 0.00728. The van der Waals surface area contributed by atoms with Gasteiger partial charge in [0, 0.05) is 18.8 Å². The SMILES string of the molecule is O=C(Nc1ccc(S(=O)(=O)N2CCCCCC2)cc1)c1ccc(F)cc1Cl. The highest BCUT2D eigenvalue weighted by Gasteiger charge is 2.25. The summed E-state index contributed by atoms with van der Waals surface area (Å²) in [6, 6.07) is 9.51. The van der Waals surface area contributed by atoms with Crippen molar-refractivity contribution in [1.29, 1.82) is 0 Å². The van der Waals surface area contributed by atoms with Gasteiger partial charge in [0.25, 0.3) is 5.91 Å². The number of carbonyl (C=O) groups is 1. The molecule has 1 N–H and O–H groups in total. The summed E-state index contributed by atoms with van der Waals surface area (Å²) in [6.45, 7) is 1.06. The molecule has 27 heavy (non-hydrogen) atoms. The van der Waals surface area contributed by atoms with Crippen LogP contribution in [0.4, 0.5) is 10.1 Å². The van der Waals surface area contributed by atoms with Crippen LogP contribution in [-0.2, 0) is 10.0 Å². The lowest BCUT2D eigenvalue weighted by Crippen LogP contribution is -2.31. The van der Waals surface area contributed by atoms with Crippen LogP contribution in [-0.4, -0.2) is 31.7 Å². The molecular weight excluding hydrogens is 391 g/mol. The molecule has 1 heterocycles. The summed E-state index contributed by atoms with van der Waals surface area (Å²) in [5, 5.41) is 2.64. The van der Waals surface area contributed by atoms with Crippen LogP contribution in [0.1, 0.15) is 36.0 Å². The molecule has 5 nitrogen and oxygen atoms in total. The Morgan fingerprint density at radius 1 is 1.00 bits per heavy atom. The van der Waals surface area contributed by atoms with Crippen molar-refractivity contribution in [2.24, 2.45) is 0 Å². The van der Waals surface area contributed by atoms with Crippen LogP contribution < -0.4 is 5.32 Å². The second-order valence-electron chi connectivity index (χ2n) is 6.42. The van der Waals surface area contributed by atoms with E-state index in [0.29, 0.717) is 18.8 Å². The molecule has 0 bridgehead atoms. The lowest BCUT2D eigenvalue weighted by atomic mass is 10.2. The maximum atomic E-state index is 13.1. The third kappa shape index (κ3) is 4.66. The van der Waals surface area contributed by atoms with E-state index in [1.165, 1.54) is 34.6 Å². The van der Waals surface area contributed by atoms with Crippen molar-refractivity contribution in [2.75, 3.05) is 18.4 Å². The third-order valence-electron chi connectivity index (χ3n) is 4.49. The van der Waals surface area contributed by atoms with E-state index in [0.717, 1.165) is 37.8 Å². The molecule has 2 aromatic carbocycles. The molecular formula is C19H20ClFN2O3S. The number of halogens is 2. The first-order chi connectivity index (χ1) is 12.9. The van der Waals surface area contributed by atoms with Crippen LogP contribution in [0, 0.1) is 5.82 Å². The Labute approximate surface area is 163 Å². The highest BCUT2D eigenvalue weighted by Crippen LogP contribution is 2.23. The number of rotatable bonds is 4. The van der Waals surface area contributed by atoms with Crippen molar-refractivity contribution in [1.82, 2.24) is 4.31 Å². The molecule has 0 aliphatic carbocycles. The number of nitrogens with zero attached hydrogens (tertiary/aromatic N) is 1. The molecule has 1 aliphatic rings. The second-order valence-corrected chi connectivity index (χ2v) is 8.77. The Kier molecular flexibility index (Phi) is 6.14. The van der Waals surface area contributed by atoms with Gasteiger partial charge in [0.1, 0.15) is 5.82 Å². The molecule has 8 heteroatoms. The van der Waals surface area contributed by atoms with Crippen LogP contribution in [0.15, 0.2) is 47.4 Å². The number of anilines is 1. The van der Waals surface area contributed by atoms with E-state index in [1.807, 2.05) is 0 Å². The van der Waals surface area contributed by atoms with E-state index in [9.17, 15) is 17.6 Å². The average molecular weight is 411 g/mol. The Balaban J connectivity index is 1.74. The number of nitrogens with one attached hydrogen (secondary N) is 1. The molecule has 1 aliphatic heterocycles. The maximum absolute atomic E-state index is 13.1. The Morgan fingerprint density at radius 2 is 1.63 bits per heavy atom. The topological polar surface area (TPSA) is 66.5 Å². The van der Waals surface area contributed by atoms with Gasteiger partial charge in [-0.1, -0.05) is 24.4 Å². The van der Waals surface area contributed by atoms with E-state index in [2.05, 4.69) is 5.32 Å². The quantitative estimate of drug-likeness (QED) is 0.817. The molecule has 1 fully saturated rings. The van der Waals surface area contributed by atoms with E-state index in [4.69, 9.17) is 11.6 Å². The molecule has 0 aromatic heterocycles. The molecule has 0 unspecified atom stereocenters.